The van der Waals surface area contributed by atoms with Gasteiger partial charge < -0.3 is 9.84 Å². The van der Waals surface area contributed by atoms with E-state index in [9.17, 15) is 14.5 Å². The number of phosphoric acid groups is 1. The third-order valence-electron chi connectivity index (χ3n) is 5.95. The molecule has 0 aliphatic carbocycles. The van der Waals surface area contributed by atoms with Gasteiger partial charge in [0.05, 0.1) is 12.2 Å². The van der Waals surface area contributed by atoms with Gasteiger partial charge in [0, 0.05) is 17.3 Å². The van der Waals surface area contributed by atoms with Crippen LogP contribution in [0.3, 0.4) is 0 Å². The Morgan fingerprint density at radius 3 is 2.63 bits per heavy atom. The first-order chi connectivity index (χ1) is 16.7. The number of aliphatic hydroxyl groups excluding tert-OH is 1. The molecule has 6 heterocycles. The Balaban J connectivity index is 1.32. The maximum absolute atomic E-state index is 15.2. The van der Waals surface area contributed by atoms with E-state index in [0.717, 1.165) is 11.0 Å². The molecule has 1 N–H and O–H groups in total. The normalized spacial score (nSPS) is 29.6. The van der Waals surface area contributed by atoms with E-state index in [1.54, 1.807) is 19.1 Å². The van der Waals surface area contributed by atoms with Gasteiger partial charge in [-0.25, -0.2) is 32.2 Å². The summed E-state index contributed by atoms with van der Waals surface area (Å²) in [5.74, 6) is -4.63. The summed E-state index contributed by atoms with van der Waals surface area (Å²) in [6, 6.07) is 7.22. The standard InChI is InChI=1S/C20H18FN6O7P/c1-3-16(28)19-20(33-35(30,32-19)34-20)27(18(29)31-19)12-6-7-13(14(21)9-12)11-5-8-15(22-10-11)17-23-25-26(4-2)24-17/h5-10,16,28H,3-4H2,1-2H3/t16-,19-,20?,35?/m1/s1. The highest BCUT2D eigenvalue weighted by atomic mass is 31.2. The van der Waals surface area contributed by atoms with Gasteiger partial charge in [-0.2, -0.15) is 4.80 Å². The van der Waals surface area contributed by atoms with Crippen LogP contribution >= 0.6 is 7.82 Å². The third kappa shape index (κ3) is 2.95. The molecule has 4 saturated heterocycles. The number of tetrazole rings is 1. The molecule has 1 aromatic carbocycles. The van der Waals surface area contributed by atoms with Gasteiger partial charge in [-0.05, 0) is 42.8 Å². The number of aliphatic hydroxyl groups is 1. The van der Waals surface area contributed by atoms with Gasteiger partial charge in [0.25, 0.3) is 0 Å². The first-order valence-corrected chi connectivity index (χ1v) is 12.2. The van der Waals surface area contributed by atoms with Crippen molar-refractivity contribution >= 4 is 19.6 Å². The lowest BCUT2D eigenvalue weighted by molar-refractivity contribution is -0.281. The second kappa shape index (κ2) is 7.35. The maximum atomic E-state index is 15.2. The molecule has 2 atom stereocenters. The zero-order valence-corrected chi connectivity index (χ0v) is 19.3. The van der Waals surface area contributed by atoms with Crippen molar-refractivity contribution in [2.24, 2.45) is 0 Å². The highest BCUT2D eigenvalue weighted by Crippen LogP contribution is 2.81. The van der Waals surface area contributed by atoms with Crippen molar-refractivity contribution in [3.8, 4) is 22.6 Å². The SMILES string of the molecule is CC[C@@H](O)[C@]12OC(=O)N(c3ccc(-c4ccc(-c5nnn(CC)n5)nc4)c(F)c3)C13OP(=O)(O3)O2. The first kappa shape index (κ1) is 22.2. The number of carbonyl (C=O) groups is 1. The number of hydrogen-bond acceptors (Lipinski definition) is 11. The monoisotopic (exact) mass is 504 g/mol. The van der Waals surface area contributed by atoms with Crippen LogP contribution in [0, 0.1) is 5.82 Å². The topological polar surface area (TPSA) is 151 Å². The molecular weight excluding hydrogens is 486 g/mol. The second-order valence-corrected chi connectivity index (χ2v) is 9.44. The van der Waals surface area contributed by atoms with Gasteiger partial charge in [0.2, 0.25) is 5.82 Å². The van der Waals surface area contributed by atoms with Crippen molar-refractivity contribution in [2.75, 3.05) is 4.90 Å². The van der Waals surface area contributed by atoms with Crippen LogP contribution in [0.5, 0.6) is 0 Å². The van der Waals surface area contributed by atoms with E-state index < -0.39 is 37.5 Å². The van der Waals surface area contributed by atoms with E-state index in [-0.39, 0.29) is 17.7 Å². The van der Waals surface area contributed by atoms with Gasteiger partial charge in [0.15, 0.2) is 0 Å². The largest absolute Gasteiger partial charge is 0.486 e. The van der Waals surface area contributed by atoms with Crippen molar-refractivity contribution in [2.45, 2.75) is 44.6 Å². The lowest BCUT2D eigenvalue weighted by atomic mass is 10.0. The van der Waals surface area contributed by atoms with Crippen LogP contribution < -0.4 is 4.90 Å². The molecule has 1 spiro atoms. The molecule has 4 fully saturated rings. The van der Waals surface area contributed by atoms with Crippen LogP contribution in [-0.4, -0.2) is 54.2 Å². The predicted molar refractivity (Wildman–Crippen MR) is 114 cm³/mol. The number of ether oxygens (including phenoxy) is 1. The van der Waals surface area contributed by atoms with Gasteiger partial charge in [-0.15, -0.1) is 10.2 Å². The Morgan fingerprint density at radius 2 is 2.00 bits per heavy atom. The molecule has 4 aliphatic heterocycles. The number of aromatic nitrogens is 5. The summed E-state index contributed by atoms with van der Waals surface area (Å²) in [5.41, 5.74) is 1.12. The predicted octanol–water partition coefficient (Wildman–Crippen LogP) is 2.82. The number of phosphoric ester groups is 1. The summed E-state index contributed by atoms with van der Waals surface area (Å²) >= 11 is 0. The number of rotatable bonds is 6. The van der Waals surface area contributed by atoms with Crippen LogP contribution in [0.2, 0.25) is 0 Å². The van der Waals surface area contributed by atoms with Crippen LogP contribution in [0.1, 0.15) is 20.3 Å². The van der Waals surface area contributed by atoms with Gasteiger partial charge in [-0.3, -0.25) is 4.98 Å². The quantitative estimate of drug-likeness (QED) is 0.494. The fourth-order valence-electron chi connectivity index (χ4n) is 4.24. The second-order valence-electron chi connectivity index (χ2n) is 8.00. The summed E-state index contributed by atoms with van der Waals surface area (Å²) in [6.45, 7) is 4.05. The molecule has 0 saturated carbocycles. The summed E-state index contributed by atoms with van der Waals surface area (Å²) < 4.78 is 48.7. The van der Waals surface area contributed by atoms with Crippen molar-refractivity contribution in [1.82, 2.24) is 25.2 Å². The summed E-state index contributed by atoms with van der Waals surface area (Å²) in [7, 11) is -4.00. The summed E-state index contributed by atoms with van der Waals surface area (Å²) in [4.78, 5) is 19.3. The number of hydrogen-bond donors (Lipinski definition) is 1. The smallest absolute Gasteiger partial charge is 0.405 e. The maximum Gasteiger partial charge on any atom is 0.486 e. The molecule has 2 aromatic heterocycles. The molecular formula is C20H18FN6O7P. The minimum absolute atomic E-state index is 0.0110. The number of aryl methyl sites for hydroxylation is 1. The molecule has 2 bridgehead atoms. The minimum Gasteiger partial charge on any atom is -0.405 e. The van der Waals surface area contributed by atoms with Crippen molar-refractivity contribution in [3.63, 3.8) is 0 Å². The van der Waals surface area contributed by atoms with Crippen molar-refractivity contribution < 1.29 is 37.2 Å². The Hall–Kier alpha value is -3.29. The molecule has 4 aliphatic rings. The highest BCUT2D eigenvalue weighted by Gasteiger charge is 2.91. The van der Waals surface area contributed by atoms with E-state index >= 15 is 4.39 Å². The number of anilines is 1. The first-order valence-electron chi connectivity index (χ1n) is 10.7. The minimum atomic E-state index is -4.00. The van der Waals surface area contributed by atoms with E-state index in [1.165, 1.54) is 23.1 Å². The van der Waals surface area contributed by atoms with Crippen LogP contribution in [0.4, 0.5) is 14.9 Å². The number of pyridine rings is 1. The van der Waals surface area contributed by atoms with E-state index in [1.807, 2.05) is 6.92 Å². The summed E-state index contributed by atoms with van der Waals surface area (Å²) in [5, 5.41) is 22.5. The van der Waals surface area contributed by atoms with E-state index in [0.29, 0.717) is 23.6 Å². The van der Waals surface area contributed by atoms with Crippen LogP contribution in [-0.2, 0) is 29.4 Å². The Kier molecular flexibility index (Phi) is 4.66. The van der Waals surface area contributed by atoms with Gasteiger partial charge in [-0.1, -0.05) is 13.0 Å². The van der Waals surface area contributed by atoms with Crippen molar-refractivity contribution in [1.29, 1.82) is 0 Å². The lowest BCUT2D eigenvalue weighted by Gasteiger charge is -2.39. The Labute approximate surface area is 197 Å². The number of benzene rings is 1. The molecule has 35 heavy (non-hydrogen) atoms. The number of nitrogens with zero attached hydrogens (tertiary/aromatic N) is 6. The number of amides is 1. The van der Waals surface area contributed by atoms with Gasteiger partial charge >= 0.3 is 25.6 Å². The Morgan fingerprint density at radius 1 is 1.20 bits per heavy atom. The molecule has 7 rings (SSSR count). The van der Waals surface area contributed by atoms with Crippen LogP contribution in [0.25, 0.3) is 22.6 Å². The zero-order valence-electron chi connectivity index (χ0n) is 18.4. The molecule has 3 aromatic rings. The third-order valence-corrected chi connectivity index (χ3v) is 7.39. The average Bonchev–Trinajstić information content (AvgIpc) is 3.52. The van der Waals surface area contributed by atoms with Crippen molar-refractivity contribution in [3.05, 3.63) is 42.3 Å². The fourth-order valence-corrected chi connectivity index (χ4v) is 5.96. The fraction of sp³-hybridized carbons (Fsp3) is 0.350. The molecule has 182 valence electrons. The molecule has 1 amide bonds. The lowest BCUT2D eigenvalue weighted by Crippen LogP contribution is -2.63. The molecule has 0 radical (unpaired) electrons. The van der Waals surface area contributed by atoms with Gasteiger partial charge in [0.1, 0.15) is 17.6 Å². The zero-order chi connectivity index (χ0) is 24.6. The number of halogens is 1. The van der Waals surface area contributed by atoms with Crippen LogP contribution in [0.15, 0.2) is 36.5 Å². The summed E-state index contributed by atoms with van der Waals surface area (Å²) in [6.07, 6.45) is -0.882. The Bertz CT molecular complexity index is 1390. The highest BCUT2D eigenvalue weighted by molar-refractivity contribution is 7.50. The molecule has 13 nitrogen and oxygen atoms in total. The number of carbonyl (C=O) groups excluding carboxylic acids is 1. The molecule has 0 unspecified atom stereocenters. The van der Waals surface area contributed by atoms with E-state index in [4.69, 9.17) is 18.3 Å². The van der Waals surface area contributed by atoms with E-state index in [2.05, 4.69) is 20.4 Å². The average molecular weight is 504 g/mol. The molecule has 15 heteroatoms.